The van der Waals surface area contributed by atoms with Gasteiger partial charge in [-0.1, -0.05) is 37.1 Å². The Balaban J connectivity index is 3.93. The Bertz CT molecular complexity index is 327. The lowest BCUT2D eigenvalue weighted by Crippen LogP contribution is -2.12. The lowest BCUT2D eigenvalue weighted by atomic mass is 9.94. The number of rotatable bonds is 12. The SMILES string of the molecule is CC(C)=CCCC(C)CC(O)CC(C)=CCCC(C)CCO. The van der Waals surface area contributed by atoms with Crippen LogP contribution < -0.4 is 0 Å². The highest BCUT2D eigenvalue weighted by molar-refractivity contribution is 5.00. The van der Waals surface area contributed by atoms with E-state index in [1.807, 2.05) is 0 Å². The van der Waals surface area contributed by atoms with E-state index < -0.39 is 0 Å². The number of allylic oxidation sites excluding steroid dienone is 3. The van der Waals surface area contributed by atoms with Crippen LogP contribution in [0.1, 0.15) is 79.6 Å². The highest BCUT2D eigenvalue weighted by atomic mass is 16.3. The summed E-state index contributed by atoms with van der Waals surface area (Å²) in [5.74, 6) is 1.15. The minimum atomic E-state index is -0.215. The summed E-state index contributed by atoms with van der Waals surface area (Å²) in [7, 11) is 0. The van der Waals surface area contributed by atoms with Gasteiger partial charge in [0.25, 0.3) is 0 Å². The van der Waals surface area contributed by atoms with Crippen LogP contribution in [0.5, 0.6) is 0 Å². The van der Waals surface area contributed by atoms with Crippen molar-refractivity contribution in [3.63, 3.8) is 0 Å². The smallest absolute Gasteiger partial charge is 0.0579 e. The molecule has 0 spiro atoms. The molecule has 0 heterocycles. The summed E-state index contributed by atoms with van der Waals surface area (Å²) < 4.78 is 0. The topological polar surface area (TPSA) is 40.5 Å². The zero-order valence-corrected chi connectivity index (χ0v) is 15.4. The summed E-state index contributed by atoms with van der Waals surface area (Å²) in [5, 5.41) is 19.1. The van der Waals surface area contributed by atoms with Crippen LogP contribution in [-0.2, 0) is 0 Å². The van der Waals surface area contributed by atoms with E-state index in [9.17, 15) is 5.11 Å². The quantitative estimate of drug-likeness (QED) is 0.483. The summed E-state index contributed by atoms with van der Waals surface area (Å²) in [6.07, 6.45) is 11.3. The standard InChI is InChI=1S/C20H38O2/c1-16(2)8-6-10-18(4)14-20(22)15-19(5)11-7-9-17(3)12-13-21/h8,11,17-18,20-22H,6-7,9-10,12-15H2,1-5H3. The van der Waals surface area contributed by atoms with Gasteiger partial charge in [-0.15, -0.1) is 0 Å². The second-order valence-electron chi connectivity index (χ2n) is 7.30. The highest BCUT2D eigenvalue weighted by Crippen LogP contribution is 2.19. The van der Waals surface area contributed by atoms with Crippen LogP contribution in [0.15, 0.2) is 23.3 Å². The molecule has 0 fully saturated rings. The van der Waals surface area contributed by atoms with Gasteiger partial charge in [-0.3, -0.25) is 0 Å². The molecule has 0 radical (unpaired) electrons. The Kier molecular flexibility index (Phi) is 12.5. The van der Waals surface area contributed by atoms with Crippen LogP contribution in [0, 0.1) is 11.8 Å². The monoisotopic (exact) mass is 310 g/mol. The van der Waals surface area contributed by atoms with Crippen LogP contribution >= 0.6 is 0 Å². The van der Waals surface area contributed by atoms with E-state index in [4.69, 9.17) is 5.11 Å². The van der Waals surface area contributed by atoms with E-state index in [0.717, 1.165) is 44.9 Å². The molecule has 0 aliphatic carbocycles. The molecule has 0 aromatic heterocycles. The largest absolute Gasteiger partial charge is 0.396 e. The summed E-state index contributed by atoms with van der Waals surface area (Å²) >= 11 is 0. The van der Waals surface area contributed by atoms with Crippen molar-refractivity contribution in [3.8, 4) is 0 Å². The Morgan fingerprint density at radius 3 is 2.09 bits per heavy atom. The van der Waals surface area contributed by atoms with Crippen molar-refractivity contribution in [3.05, 3.63) is 23.3 Å². The van der Waals surface area contributed by atoms with Crippen molar-refractivity contribution in [2.75, 3.05) is 6.61 Å². The minimum Gasteiger partial charge on any atom is -0.396 e. The third kappa shape index (κ3) is 13.1. The van der Waals surface area contributed by atoms with Crippen molar-refractivity contribution < 1.29 is 10.2 Å². The van der Waals surface area contributed by atoms with Crippen LogP contribution in [0.3, 0.4) is 0 Å². The average Bonchev–Trinajstić information content (AvgIpc) is 2.37. The number of aliphatic hydroxyl groups is 2. The molecule has 0 bridgehead atoms. The Morgan fingerprint density at radius 1 is 0.909 bits per heavy atom. The number of hydrogen-bond acceptors (Lipinski definition) is 2. The van der Waals surface area contributed by atoms with Crippen molar-refractivity contribution in [1.29, 1.82) is 0 Å². The first-order chi connectivity index (χ1) is 10.3. The molecule has 0 aliphatic rings. The van der Waals surface area contributed by atoms with E-state index >= 15 is 0 Å². The van der Waals surface area contributed by atoms with Gasteiger partial charge in [0.15, 0.2) is 0 Å². The van der Waals surface area contributed by atoms with Gasteiger partial charge in [-0.2, -0.15) is 0 Å². The predicted molar refractivity (Wildman–Crippen MR) is 96.9 cm³/mol. The molecule has 0 aromatic rings. The molecule has 0 saturated heterocycles. The fraction of sp³-hybridized carbons (Fsp3) is 0.800. The lowest BCUT2D eigenvalue weighted by molar-refractivity contribution is 0.143. The summed E-state index contributed by atoms with van der Waals surface area (Å²) in [5.41, 5.74) is 2.67. The predicted octanol–water partition coefficient (Wildman–Crippen LogP) is 5.26. The maximum Gasteiger partial charge on any atom is 0.0579 e. The third-order valence-electron chi connectivity index (χ3n) is 4.22. The first-order valence-electron chi connectivity index (χ1n) is 8.93. The highest BCUT2D eigenvalue weighted by Gasteiger charge is 2.10. The molecular formula is C20H38O2. The molecule has 3 atom stereocenters. The van der Waals surface area contributed by atoms with E-state index in [1.54, 1.807) is 0 Å². The summed E-state index contributed by atoms with van der Waals surface area (Å²) in [4.78, 5) is 0. The van der Waals surface area contributed by atoms with Crippen LogP contribution in [0.2, 0.25) is 0 Å². The van der Waals surface area contributed by atoms with Gasteiger partial charge in [0, 0.05) is 6.61 Å². The van der Waals surface area contributed by atoms with Crippen LogP contribution in [-0.4, -0.2) is 22.9 Å². The summed E-state index contributed by atoms with van der Waals surface area (Å²) in [6, 6.07) is 0. The molecule has 22 heavy (non-hydrogen) atoms. The second kappa shape index (κ2) is 12.9. The lowest BCUT2D eigenvalue weighted by Gasteiger charge is -2.16. The number of aliphatic hydroxyl groups excluding tert-OH is 2. The minimum absolute atomic E-state index is 0.215. The maximum absolute atomic E-state index is 10.2. The second-order valence-corrected chi connectivity index (χ2v) is 7.30. The molecule has 0 aromatic carbocycles. The molecule has 2 heteroatoms. The van der Waals surface area contributed by atoms with Gasteiger partial charge in [0.05, 0.1) is 6.10 Å². The van der Waals surface area contributed by atoms with Gasteiger partial charge < -0.3 is 10.2 Å². The Labute approximate surface area is 138 Å². The van der Waals surface area contributed by atoms with E-state index in [1.165, 1.54) is 11.1 Å². The van der Waals surface area contributed by atoms with Gasteiger partial charge in [-0.05, 0) is 77.6 Å². The zero-order chi connectivity index (χ0) is 17.0. The van der Waals surface area contributed by atoms with E-state index in [2.05, 4.69) is 46.8 Å². The van der Waals surface area contributed by atoms with Gasteiger partial charge >= 0.3 is 0 Å². The van der Waals surface area contributed by atoms with Crippen molar-refractivity contribution in [2.45, 2.75) is 85.7 Å². The van der Waals surface area contributed by atoms with Crippen molar-refractivity contribution >= 4 is 0 Å². The molecule has 2 N–H and O–H groups in total. The fourth-order valence-electron chi connectivity index (χ4n) is 2.76. The Hall–Kier alpha value is -0.600. The van der Waals surface area contributed by atoms with Gasteiger partial charge in [0.1, 0.15) is 0 Å². The van der Waals surface area contributed by atoms with Gasteiger partial charge in [-0.25, -0.2) is 0 Å². The van der Waals surface area contributed by atoms with Gasteiger partial charge in [0.2, 0.25) is 0 Å². The van der Waals surface area contributed by atoms with Crippen molar-refractivity contribution in [1.82, 2.24) is 0 Å². The van der Waals surface area contributed by atoms with Crippen LogP contribution in [0.4, 0.5) is 0 Å². The fourth-order valence-corrected chi connectivity index (χ4v) is 2.76. The third-order valence-corrected chi connectivity index (χ3v) is 4.22. The number of hydrogen-bond donors (Lipinski definition) is 2. The van der Waals surface area contributed by atoms with Crippen molar-refractivity contribution in [2.24, 2.45) is 11.8 Å². The van der Waals surface area contributed by atoms with Crippen LogP contribution in [0.25, 0.3) is 0 Å². The first-order valence-corrected chi connectivity index (χ1v) is 8.93. The molecule has 0 aliphatic heterocycles. The first kappa shape index (κ1) is 21.4. The molecular weight excluding hydrogens is 272 g/mol. The molecule has 3 unspecified atom stereocenters. The normalized spacial score (nSPS) is 16.2. The maximum atomic E-state index is 10.2. The Morgan fingerprint density at radius 2 is 1.50 bits per heavy atom. The zero-order valence-electron chi connectivity index (χ0n) is 15.4. The molecule has 2 nitrogen and oxygen atoms in total. The average molecular weight is 311 g/mol. The van der Waals surface area contributed by atoms with E-state index in [-0.39, 0.29) is 12.7 Å². The molecule has 0 amide bonds. The molecule has 0 saturated carbocycles. The molecule has 130 valence electrons. The van der Waals surface area contributed by atoms with E-state index in [0.29, 0.717) is 11.8 Å². The molecule has 0 rings (SSSR count). The summed E-state index contributed by atoms with van der Waals surface area (Å²) in [6.45, 7) is 11.1.